The Labute approximate surface area is 262 Å². The van der Waals surface area contributed by atoms with Gasteiger partial charge in [0, 0.05) is 42.6 Å². The van der Waals surface area contributed by atoms with Crippen LogP contribution in [-0.2, 0) is 14.4 Å². The van der Waals surface area contributed by atoms with Gasteiger partial charge in [0.25, 0.3) is 5.91 Å². The van der Waals surface area contributed by atoms with E-state index in [2.05, 4.69) is 10.6 Å². The normalized spacial score (nSPS) is 17.4. The van der Waals surface area contributed by atoms with E-state index < -0.39 is 81.4 Å². The Morgan fingerprint density at radius 2 is 1.30 bits per heavy atom. The fraction of sp³-hybridized carbons (Fsp3) is 0.524. The zero-order valence-electron chi connectivity index (χ0n) is 25.3. The number of aliphatic hydroxyl groups excluding tert-OH is 5. The summed E-state index contributed by atoms with van der Waals surface area (Å²) < 4.78 is 44.2. The van der Waals surface area contributed by atoms with Gasteiger partial charge in [0.15, 0.2) is 0 Å². The summed E-state index contributed by atoms with van der Waals surface area (Å²) >= 11 is 4.96. The third-order valence-electron chi connectivity index (χ3n) is 4.94. The minimum atomic E-state index is -3.10. The fourth-order valence-corrected chi connectivity index (χ4v) is 7.11. The second-order valence-corrected chi connectivity index (χ2v) is 10.9. The fourth-order valence-electron chi connectivity index (χ4n) is 2.94. The summed E-state index contributed by atoms with van der Waals surface area (Å²) in [6.07, 6.45) is -7.35. The number of carbonyl (C=O) groups is 4. The van der Waals surface area contributed by atoms with Crippen molar-refractivity contribution in [2.24, 2.45) is 0 Å². The van der Waals surface area contributed by atoms with E-state index in [4.69, 9.17) is 13.3 Å². The quantitative estimate of drug-likeness (QED) is 0.142. The van der Waals surface area contributed by atoms with Gasteiger partial charge in [0.05, 0.1) is 40.8 Å². The minimum absolute atomic E-state index is 0.0171. The summed E-state index contributed by atoms with van der Waals surface area (Å²) in [6, 6.07) is 0. The number of aliphatic hydroxyl groups is 5. The molecule has 0 unspecified atom stereocenters. The standard InChI is InChI=1S/C21H29I3N4O9/c1-8(30)25-17-14(22)13(15(23)18(16(17)24)26-9(2)31)21(37)28(4)6-12(34)27(3)5-10(32)19(35)20(36)11(33)7-29/h10-11,19-20,29,32-33,35-36H,5-7H2,1-4H3,(H,25,30)(H,26,31)/t10-,11+,19+,20+/m0/s1/i1D3,2D3. The van der Waals surface area contributed by atoms with Crippen molar-refractivity contribution in [2.75, 3.05) is 44.4 Å². The largest absolute Gasteiger partial charge is 0.394 e. The Hall–Kier alpha value is -0.910. The molecule has 4 atom stereocenters. The van der Waals surface area contributed by atoms with Crippen LogP contribution >= 0.6 is 67.8 Å². The molecule has 16 heteroatoms. The van der Waals surface area contributed by atoms with Crippen molar-refractivity contribution < 1.29 is 52.9 Å². The van der Waals surface area contributed by atoms with E-state index in [1.165, 1.54) is 14.1 Å². The van der Waals surface area contributed by atoms with Crippen LogP contribution in [0.15, 0.2) is 0 Å². The van der Waals surface area contributed by atoms with E-state index in [1.54, 1.807) is 67.8 Å². The van der Waals surface area contributed by atoms with Crippen molar-refractivity contribution in [3.05, 3.63) is 16.3 Å². The summed E-state index contributed by atoms with van der Waals surface area (Å²) in [6.45, 7) is -8.26. The zero-order chi connectivity index (χ0) is 33.8. The lowest BCUT2D eigenvalue weighted by atomic mass is 10.0. The van der Waals surface area contributed by atoms with E-state index in [0.717, 1.165) is 9.80 Å². The third-order valence-corrected chi connectivity index (χ3v) is 8.18. The molecular formula is C21H29I3N4O9. The Morgan fingerprint density at radius 3 is 1.73 bits per heavy atom. The van der Waals surface area contributed by atoms with E-state index in [9.17, 15) is 39.6 Å². The van der Waals surface area contributed by atoms with Crippen molar-refractivity contribution >= 4 is 103 Å². The van der Waals surface area contributed by atoms with Crippen molar-refractivity contribution in [3.8, 4) is 0 Å². The molecule has 13 nitrogen and oxygen atoms in total. The molecule has 0 saturated heterocycles. The maximum absolute atomic E-state index is 13.6. The third kappa shape index (κ3) is 9.07. The summed E-state index contributed by atoms with van der Waals surface area (Å²) in [7, 11) is 2.43. The molecule has 0 aromatic heterocycles. The Bertz CT molecular complexity index is 1180. The first kappa shape index (κ1) is 25.1. The first-order valence-electron chi connectivity index (χ1n) is 13.1. The van der Waals surface area contributed by atoms with Crippen LogP contribution in [0.4, 0.5) is 11.4 Å². The Balaban J connectivity index is 3.41. The van der Waals surface area contributed by atoms with Gasteiger partial charge in [-0.15, -0.1) is 0 Å². The highest BCUT2D eigenvalue weighted by Crippen LogP contribution is 2.39. The molecular weight excluding hydrogens is 833 g/mol. The van der Waals surface area contributed by atoms with Crippen LogP contribution in [0.25, 0.3) is 0 Å². The number of hydrogen-bond donors (Lipinski definition) is 7. The van der Waals surface area contributed by atoms with Crippen LogP contribution in [0.2, 0.25) is 0 Å². The molecule has 0 bridgehead atoms. The van der Waals surface area contributed by atoms with Gasteiger partial charge in [0.1, 0.15) is 24.4 Å². The molecule has 0 fully saturated rings. The van der Waals surface area contributed by atoms with Crippen molar-refractivity contribution in [1.82, 2.24) is 9.80 Å². The molecule has 1 rings (SSSR count). The predicted octanol–water partition coefficient (Wildman–Crippen LogP) is -0.617. The summed E-state index contributed by atoms with van der Waals surface area (Å²) in [5.41, 5.74) is -0.619. The number of nitrogens with zero attached hydrogens (tertiary/aromatic N) is 2. The van der Waals surface area contributed by atoms with Gasteiger partial charge >= 0.3 is 0 Å². The lowest BCUT2D eigenvalue weighted by Gasteiger charge is -2.29. The molecule has 0 radical (unpaired) electrons. The number of amides is 4. The predicted molar refractivity (Wildman–Crippen MR) is 159 cm³/mol. The van der Waals surface area contributed by atoms with Gasteiger partial charge in [-0.25, -0.2) is 0 Å². The number of nitrogens with one attached hydrogen (secondary N) is 2. The average Bonchev–Trinajstić information content (AvgIpc) is 2.90. The van der Waals surface area contributed by atoms with E-state index in [-0.39, 0.29) is 27.6 Å². The number of halogens is 3. The molecule has 4 amide bonds. The van der Waals surface area contributed by atoms with Crippen LogP contribution in [0, 0.1) is 10.7 Å². The Kier molecular flexibility index (Phi) is 10.2. The van der Waals surface area contributed by atoms with E-state index in [1.807, 2.05) is 0 Å². The van der Waals surface area contributed by atoms with Crippen LogP contribution in [-0.4, -0.2) is 117 Å². The summed E-state index contributed by atoms with van der Waals surface area (Å²) in [5, 5.41) is 52.6. The molecule has 1 aromatic rings. The zero-order valence-corrected chi connectivity index (χ0v) is 25.8. The first-order chi connectivity index (χ1) is 19.5. The number of carbonyl (C=O) groups excluding carboxylic acids is 4. The van der Waals surface area contributed by atoms with Gasteiger partial charge in [-0.1, -0.05) is 0 Å². The van der Waals surface area contributed by atoms with Crippen LogP contribution in [0.1, 0.15) is 32.3 Å². The van der Waals surface area contributed by atoms with Gasteiger partial charge in [-0.05, 0) is 67.8 Å². The molecule has 37 heavy (non-hydrogen) atoms. The van der Waals surface area contributed by atoms with Crippen molar-refractivity contribution in [1.29, 1.82) is 0 Å². The van der Waals surface area contributed by atoms with Crippen LogP contribution in [0.5, 0.6) is 0 Å². The average molecular weight is 868 g/mol. The van der Waals surface area contributed by atoms with Crippen LogP contribution in [0.3, 0.4) is 0 Å². The summed E-state index contributed by atoms with van der Waals surface area (Å²) in [5.74, 6) is -4.46. The number of rotatable bonds is 11. The SMILES string of the molecule is [2H]C([2H])([2H])C(=O)Nc1c(I)c(NC(=O)C([2H])([2H])[2H])c(I)c(C(=O)N(C)CC(=O)N(C)C[C@H](O)[C@@H](O)[C@H](O)[C@H](O)CO)c1I. The molecule has 0 spiro atoms. The number of benzene rings is 1. The molecule has 0 saturated carbocycles. The number of hydrogen-bond acceptors (Lipinski definition) is 9. The van der Waals surface area contributed by atoms with Gasteiger partial charge in [-0.2, -0.15) is 0 Å². The molecule has 7 N–H and O–H groups in total. The van der Waals surface area contributed by atoms with Crippen LogP contribution < -0.4 is 10.6 Å². The lowest BCUT2D eigenvalue weighted by Crippen LogP contribution is -2.51. The molecule has 0 aliphatic carbocycles. The van der Waals surface area contributed by atoms with E-state index in [0.29, 0.717) is 0 Å². The summed E-state index contributed by atoms with van der Waals surface area (Å²) in [4.78, 5) is 52.8. The Morgan fingerprint density at radius 1 is 0.838 bits per heavy atom. The van der Waals surface area contributed by atoms with Crippen molar-refractivity contribution in [3.63, 3.8) is 0 Å². The molecule has 1 aromatic carbocycles. The molecule has 0 aliphatic heterocycles. The minimum Gasteiger partial charge on any atom is -0.394 e. The topological polar surface area (TPSA) is 200 Å². The lowest BCUT2D eigenvalue weighted by molar-refractivity contribution is -0.138. The maximum atomic E-state index is 13.6. The smallest absolute Gasteiger partial charge is 0.256 e. The highest BCUT2D eigenvalue weighted by atomic mass is 127. The first-order valence-corrected chi connectivity index (χ1v) is 13.4. The second-order valence-electron chi connectivity index (χ2n) is 7.71. The second kappa shape index (κ2) is 15.0. The van der Waals surface area contributed by atoms with Crippen molar-refractivity contribution in [2.45, 2.75) is 38.1 Å². The highest BCUT2D eigenvalue weighted by molar-refractivity contribution is 14.1. The van der Waals surface area contributed by atoms with Gasteiger partial charge in [0.2, 0.25) is 17.7 Å². The highest BCUT2D eigenvalue weighted by Gasteiger charge is 2.32. The number of likely N-dealkylation sites (N-methyl/N-ethyl adjacent to an activating group) is 2. The molecule has 0 heterocycles. The van der Waals surface area contributed by atoms with E-state index >= 15 is 0 Å². The number of anilines is 2. The van der Waals surface area contributed by atoms with Gasteiger partial charge < -0.3 is 46.0 Å². The maximum Gasteiger partial charge on any atom is 0.256 e. The monoisotopic (exact) mass is 868 g/mol. The van der Waals surface area contributed by atoms with Gasteiger partial charge in [-0.3, -0.25) is 19.2 Å². The molecule has 0 aliphatic rings. The molecule has 208 valence electrons.